The zero-order valence-electron chi connectivity index (χ0n) is 13.6. The van der Waals surface area contributed by atoms with Crippen LogP contribution in [0.2, 0.25) is 0 Å². The van der Waals surface area contributed by atoms with Gasteiger partial charge in [-0.3, -0.25) is 4.79 Å². The topological polar surface area (TPSA) is 40.5 Å². The minimum atomic E-state index is -0.338. The van der Waals surface area contributed by atoms with Crippen molar-refractivity contribution in [1.29, 1.82) is 0 Å². The number of carbonyl (C=O) groups excluding carboxylic acids is 1. The van der Waals surface area contributed by atoms with Crippen LogP contribution in [-0.4, -0.2) is 17.6 Å². The Labute approximate surface area is 141 Å². The van der Waals surface area contributed by atoms with Crippen LogP contribution in [0.5, 0.6) is 5.75 Å². The number of phenols is 1. The van der Waals surface area contributed by atoms with Crippen LogP contribution in [0.1, 0.15) is 31.7 Å². The number of hydrogen-bond acceptors (Lipinski definition) is 2. The quantitative estimate of drug-likeness (QED) is 0.841. The van der Waals surface area contributed by atoms with E-state index in [0.29, 0.717) is 12.1 Å². The van der Waals surface area contributed by atoms with Crippen molar-refractivity contribution < 1.29 is 14.3 Å². The third kappa shape index (κ3) is 5.13. The molecule has 2 aromatic rings. The Morgan fingerprint density at radius 3 is 2.42 bits per heavy atom. The zero-order valence-corrected chi connectivity index (χ0v) is 13.6. The summed E-state index contributed by atoms with van der Waals surface area (Å²) in [4.78, 5) is 14.0. The molecule has 0 aliphatic rings. The molecule has 0 fully saturated rings. The molecule has 0 bridgehead atoms. The summed E-state index contributed by atoms with van der Waals surface area (Å²) >= 11 is 0. The number of phenolic OH excluding ortho intramolecular Hbond substituents is 1. The summed E-state index contributed by atoms with van der Waals surface area (Å²) < 4.78 is 13.1. The van der Waals surface area contributed by atoms with Crippen molar-refractivity contribution in [3.8, 4) is 17.6 Å². The van der Waals surface area contributed by atoms with Crippen LogP contribution in [0.4, 0.5) is 10.1 Å². The second kappa shape index (κ2) is 8.73. The molecule has 0 aliphatic carbocycles. The molecular weight excluding hydrogens is 305 g/mol. The van der Waals surface area contributed by atoms with E-state index in [2.05, 4.69) is 11.8 Å². The number of amides is 1. The average Bonchev–Trinajstić information content (AvgIpc) is 2.59. The van der Waals surface area contributed by atoms with Crippen LogP contribution in [0.25, 0.3) is 0 Å². The van der Waals surface area contributed by atoms with Crippen LogP contribution in [0.3, 0.4) is 0 Å². The highest BCUT2D eigenvalue weighted by atomic mass is 19.1. The lowest BCUT2D eigenvalue weighted by Gasteiger charge is -2.20. The molecule has 2 rings (SSSR count). The summed E-state index contributed by atoms with van der Waals surface area (Å²) in [6.07, 6.45) is 2.18. The van der Waals surface area contributed by atoms with Crippen LogP contribution < -0.4 is 4.90 Å². The van der Waals surface area contributed by atoms with Gasteiger partial charge in [-0.25, -0.2) is 4.39 Å². The smallest absolute Gasteiger partial charge is 0.227 e. The summed E-state index contributed by atoms with van der Waals surface area (Å²) in [7, 11) is 0. The number of unbranched alkanes of at least 4 members (excludes halogenated alkanes) is 1. The van der Waals surface area contributed by atoms with Crippen LogP contribution in [-0.2, 0) is 4.79 Å². The SMILES string of the molecule is CCCCC(=O)N(CC#Cc1ccc(O)cc1)c1ccc(F)cc1. The third-order valence-electron chi connectivity index (χ3n) is 3.52. The Bertz CT molecular complexity index is 727. The summed E-state index contributed by atoms with van der Waals surface area (Å²) in [5.74, 6) is 5.76. The number of nitrogens with zero attached hydrogens (tertiary/aromatic N) is 1. The molecule has 2 aromatic carbocycles. The lowest BCUT2D eigenvalue weighted by Crippen LogP contribution is -2.31. The van der Waals surface area contributed by atoms with Crippen molar-refractivity contribution in [1.82, 2.24) is 0 Å². The van der Waals surface area contributed by atoms with Crippen molar-refractivity contribution in [3.63, 3.8) is 0 Å². The van der Waals surface area contributed by atoms with E-state index >= 15 is 0 Å². The van der Waals surface area contributed by atoms with Gasteiger partial charge in [0.2, 0.25) is 5.91 Å². The van der Waals surface area contributed by atoms with Crippen molar-refractivity contribution in [3.05, 3.63) is 59.9 Å². The monoisotopic (exact) mass is 325 g/mol. The van der Waals surface area contributed by atoms with Gasteiger partial charge in [0.1, 0.15) is 11.6 Å². The molecule has 24 heavy (non-hydrogen) atoms. The van der Waals surface area contributed by atoms with E-state index in [1.165, 1.54) is 12.1 Å². The average molecular weight is 325 g/mol. The Kier molecular flexibility index (Phi) is 6.39. The molecule has 0 spiro atoms. The van der Waals surface area contributed by atoms with E-state index in [-0.39, 0.29) is 24.0 Å². The zero-order chi connectivity index (χ0) is 17.4. The Morgan fingerprint density at radius 1 is 1.12 bits per heavy atom. The van der Waals surface area contributed by atoms with Crippen molar-refractivity contribution in [2.75, 3.05) is 11.4 Å². The number of halogens is 1. The molecule has 1 N–H and O–H groups in total. The van der Waals surface area contributed by atoms with E-state index in [4.69, 9.17) is 0 Å². The lowest BCUT2D eigenvalue weighted by molar-refractivity contribution is -0.118. The number of aromatic hydroxyl groups is 1. The molecule has 0 atom stereocenters. The molecule has 0 aliphatic heterocycles. The van der Waals surface area contributed by atoms with Gasteiger partial charge in [-0.05, 0) is 55.0 Å². The molecule has 0 radical (unpaired) electrons. The van der Waals surface area contributed by atoms with Gasteiger partial charge in [-0.2, -0.15) is 0 Å². The summed E-state index contributed by atoms with van der Waals surface area (Å²) in [6, 6.07) is 12.4. The van der Waals surface area contributed by atoms with E-state index in [1.807, 2.05) is 6.92 Å². The van der Waals surface area contributed by atoms with Crippen LogP contribution >= 0.6 is 0 Å². The standard InChI is InChI=1S/C20H20FNO2/c1-2-3-6-20(24)22(18-11-9-17(21)10-12-18)15-4-5-16-7-13-19(23)14-8-16/h7-14,23H,2-3,6,15H2,1H3. The maximum Gasteiger partial charge on any atom is 0.227 e. The highest BCUT2D eigenvalue weighted by molar-refractivity contribution is 5.93. The van der Waals surface area contributed by atoms with Gasteiger partial charge >= 0.3 is 0 Å². The van der Waals surface area contributed by atoms with Crippen molar-refractivity contribution in [2.24, 2.45) is 0 Å². The van der Waals surface area contributed by atoms with Gasteiger partial charge in [-0.1, -0.05) is 25.2 Å². The Hall–Kier alpha value is -2.80. The van der Waals surface area contributed by atoms with Crippen LogP contribution in [0, 0.1) is 17.7 Å². The highest BCUT2D eigenvalue weighted by Crippen LogP contribution is 2.16. The first-order valence-corrected chi connectivity index (χ1v) is 7.94. The first-order valence-electron chi connectivity index (χ1n) is 7.94. The van der Waals surface area contributed by atoms with Gasteiger partial charge in [0.05, 0.1) is 6.54 Å². The normalized spacial score (nSPS) is 9.92. The molecule has 0 unspecified atom stereocenters. The molecular formula is C20H20FNO2. The molecule has 0 saturated heterocycles. The van der Waals surface area contributed by atoms with E-state index in [9.17, 15) is 14.3 Å². The number of rotatable bonds is 5. The van der Waals surface area contributed by atoms with Crippen LogP contribution in [0.15, 0.2) is 48.5 Å². The van der Waals surface area contributed by atoms with Gasteiger partial charge in [0.25, 0.3) is 0 Å². The molecule has 0 heterocycles. The van der Waals surface area contributed by atoms with Gasteiger partial charge in [-0.15, -0.1) is 0 Å². The summed E-state index contributed by atoms with van der Waals surface area (Å²) in [5, 5.41) is 9.26. The fraction of sp³-hybridized carbons (Fsp3) is 0.250. The third-order valence-corrected chi connectivity index (χ3v) is 3.52. The maximum atomic E-state index is 13.1. The fourth-order valence-electron chi connectivity index (χ4n) is 2.17. The molecule has 3 nitrogen and oxygen atoms in total. The highest BCUT2D eigenvalue weighted by Gasteiger charge is 2.14. The molecule has 1 amide bonds. The number of benzene rings is 2. The second-order valence-corrected chi connectivity index (χ2v) is 5.41. The minimum Gasteiger partial charge on any atom is -0.508 e. The van der Waals surface area contributed by atoms with E-state index < -0.39 is 0 Å². The largest absolute Gasteiger partial charge is 0.508 e. The lowest BCUT2D eigenvalue weighted by atomic mass is 10.2. The first-order chi connectivity index (χ1) is 11.6. The first kappa shape index (κ1) is 17.6. The van der Waals surface area contributed by atoms with Gasteiger partial charge < -0.3 is 10.0 Å². The Balaban J connectivity index is 2.15. The second-order valence-electron chi connectivity index (χ2n) is 5.41. The minimum absolute atomic E-state index is 0.0246. The Morgan fingerprint density at radius 2 is 1.79 bits per heavy atom. The number of carbonyl (C=O) groups is 1. The van der Waals surface area contributed by atoms with Crippen molar-refractivity contribution in [2.45, 2.75) is 26.2 Å². The predicted octanol–water partition coefficient (Wildman–Crippen LogP) is 4.11. The summed E-state index contributed by atoms with van der Waals surface area (Å²) in [6.45, 7) is 2.26. The van der Waals surface area contributed by atoms with E-state index in [1.54, 1.807) is 41.3 Å². The molecule has 4 heteroatoms. The van der Waals surface area contributed by atoms with E-state index in [0.717, 1.165) is 18.4 Å². The fourth-order valence-corrected chi connectivity index (χ4v) is 2.17. The molecule has 0 aromatic heterocycles. The number of anilines is 1. The summed E-state index contributed by atoms with van der Waals surface area (Å²) in [5.41, 5.74) is 1.39. The molecule has 0 saturated carbocycles. The van der Waals surface area contributed by atoms with Gasteiger partial charge in [0, 0.05) is 17.7 Å². The predicted molar refractivity (Wildman–Crippen MR) is 93.3 cm³/mol. The van der Waals surface area contributed by atoms with Crippen molar-refractivity contribution >= 4 is 11.6 Å². The number of hydrogen-bond donors (Lipinski definition) is 1. The molecule has 124 valence electrons. The maximum absolute atomic E-state index is 13.1. The van der Waals surface area contributed by atoms with Gasteiger partial charge in [0.15, 0.2) is 0 Å².